The number of hydrogen-bond acceptors (Lipinski definition) is 4. The third kappa shape index (κ3) is 2.95. The van der Waals surface area contributed by atoms with Gasteiger partial charge in [0.05, 0.1) is 16.6 Å². The Kier molecular flexibility index (Phi) is 4.78. The van der Waals surface area contributed by atoms with Gasteiger partial charge in [0.1, 0.15) is 18.5 Å². The van der Waals surface area contributed by atoms with Crippen LogP contribution in [0.2, 0.25) is 5.02 Å². The molecule has 1 atom stereocenters. The van der Waals surface area contributed by atoms with E-state index in [9.17, 15) is 9.90 Å². The maximum atomic E-state index is 13.3. The lowest BCUT2D eigenvalue weighted by Gasteiger charge is -2.32. The van der Waals surface area contributed by atoms with Gasteiger partial charge in [-0.1, -0.05) is 31.5 Å². The van der Waals surface area contributed by atoms with Gasteiger partial charge in [-0.2, -0.15) is 0 Å². The molecule has 0 aliphatic heterocycles. The van der Waals surface area contributed by atoms with Gasteiger partial charge in [-0.15, -0.1) is 0 Å². The summed E-state index contributed by atoms with van der Waals surface area (Å²) in [6.07, 6.45) is -0.970. The molecule has 3 N–H and O–H groups in total. The summed E-state index contributed by atoms with van der Waals surface area (Å²) < 4.78 is 6.27. The van der Waals surface area contributed by atoms with Crippen molar-refractivity contribution in [2.24, 2.45) is 0 Å². The van der Waals surface area contributed by atoms with Gasteiger partial charge in [-0.3, -0.25) is 4.79 Å². The number of aromatic nitrogens is 1. The highest BCUT2D eigenvalue weighted by molar-refractivity contribution is 9.10. The highest BCUT2D eigenvalue weighted by atomic mass is 79.9. The number of carbonyl (C=O) groups excluding carboxylic acids is 1. The van der Waals surface area contributed by atoms with Gasteiger partial charge in [0.25, 0.3) is 0 Å². The molecule has 2 aromatic carbocycles. The van der Waals surface area contributed by atoms with Crippen molar-refractivity contribution < 1.29 is 19.7 Å². The van der Waals surface area contributed by atoms with E-state index in [1.54, 1.807) is 12.1 Å². The van der Waals surface area contributed by atoms with Crippen LogP contribution < -0.4 is 4.74 Å². The Hall–Kier alpha value is -1.86. The van der Waals surface area contributed by atoms with Gasteiger partial charge in [0.2, 0.25) is 0 Å². The average molecular weight is 465 g/mol. The summed E-state index contributed by atoms with van der Waals surface area (Å²) in [6, 6.07) is 9.06. The summed E-state index contributed by atoms with van der Waals surface area (Å²) in [7, 11) is 0. The first-order valence-corrected chi connectivity index (χ1v) is 10.0. The molecule has 1 aliphatic carbocycles. The van der Waals surface area contributed by atoms with Gasteiger partial charge in [-0.05, 0) is 45.8 Å². The van der Waals surface area contributed by atoms with E-state index in [4.69, 9.17) is 21.4 Å². The number of ketones is 1. The van der Waals surface area contributed by atoms with Crippen molar-refractivity contribution in [2.45, 2.75) is 25.4 Å². The van der Waals surface area contributed by atoms with Gasteiger partial charge in [0, 0.05) is 32.6 Å². The molecule has 1 unspecified atom stereocenters. The molecule has 0 bridgehead atoms. The minimum atomic E-state index is -0.970. The van der Waals surface area contributed by atoms with E-state index in [-0.39, 0.29) is 19.0 Å². The van der Waals surface area contributed by atoms with Crippen molar-refractivity contribution >= 4 is 44.2 Å². The normalized spacial score (nSPS) is 16.0. The minimum absolute atomic E-state index is 0.0433. The molecule has 0 saturated heterocycles. The third-order valence-electron chi connectivity index (χ3n) is 5.24. The zero-order valence-corrected chi connectivity index (χ0v) is 17.7. The molecular formula is C21H19BrClNO4. The van der Waals surface area contributed by atoms with Crippen molar-refractivity contribution in [3.63, 3.8) is 0 Å². The Labute approximate surface area is 175 Å². The lowest BCUT2D eigenvalue weighted by molar-refractivity contribution is 0.0533. The van der Waals surface area contributed by atoms with Gasteiger partial charge >= 0.3 is 0 Å². The summed E-state index contributed by atoms with van der Waals surface area (Å²) in [5.41, 5.74) is 3.30. The van der Waals surface area contributed by atoms with Crippen LogP contribution in [0.15, 0.2) is 34.8 Å². The molecule has 1 heterocycles. The first-order valence-electron chi connectivity index (χ1n) is 8.86. The second-order valence-corrected chi connectivity index (χ2v) is 8.79. The van der Waals surface area contributed by atoms with Gasteiger partial charge in [-0.25, -0.2) is 0 Å². The number of fused-ring (bicyclic) bond motifs is 4. The molecular weight excluding hydrogens is 446 g/mol. The molecule has 0 amide bonds. The number of carbonyl (C=O) groups is 1. The topological polar surface area (TPSA) is 82.5 Å². The van der Waals surface area contributed by atoms with Crippen LogP contribution in [0.3, 0.4) is 0 Å². The van der Waals surface area contributed by atoms with Crippen molar-refractivity contribution in [3.05, 3.63) is 62.2 Å². The number of aromatic amines is 1. The van der Waals surface area contributed by atoms with Crippen LogP contribution in [0.5, 0.6) is 5.75 Å². The largest absolute Gasteiger partial charge is 0.490 e. The number of benzene rings is 2. The predicted octanol–water partition coefficient (Wildman–Crippen LogP) is 4.19. The molecule has 1 aliphatic rings. The summed E-state index contributed by atoms with van der Waals surface area (Å²) in [6.45, 7) is 3.68. The number of aliphatic hydroxyl groups excluding tert-OH is 2. The van der Waals surface area contributed by atoms with E-state index in [1.165, 1.54) is 0 Å². The Morgan fingerprint density at radius 1 is 1.29 bits per heavy atom. The molecule has 0 saturated carbocycles. The average Bonchev–Trinajstić information content (AvgIpc) is 3.04. The van der Waals surface area contributed by atoms with Gasteiger partial charge in [0.15, 0.2) is 5.78 Å². The first-order chi connectivity index (χ1) is 13.2. The molecule has 3 aromatic rings. The summed E-state index contributed by atoms with van der Waals surface area (Å²) in [5.74, 6) is 0.454. The monoisotopic (exact) mass is 463 g/mol. The summed E-state index contributed by atoms with van der Waals surface area (Å²) >= 11 is 9.58. The summed E-state index contributed by atoms with van der Waals surface area (Å²) in [4.78, 5) is 16.7. The number of halogens is 2. The molecule has 1 aromatic heterocycles. The molecule has 0 radical (unpaired) electrons. The second-order valence-electron chi connectivity index (χ2n) is 7.49. The SMILES string of the molecule is CC1(C)c2cc(OCC(O)CO)c(Br)cc2C(=O)c2c1[nH]c1cc(Cl)ccc21. The number of ether oxygens (including phenoxy) is 1. The zero-order chi connectivity index (χ0) is 20.2. The van der Waals surface area contributed by atoms with Crippen LogP contribution in [-0.2, 0) is 5.41 Å². The Morgan fingerprint density at radius 3 is 2.75 bits per heavy atom. The fourth-order valence-electron chi connectivity index (χ4n) is 3.75. The Morgan fingerprint density at radius 2 is 2.04 bits per heavy atom. The van der Waals surface area contributed by atoms with Crippen molar-refractivity contribution in [1.29, 1.82) is 0 Å². The van der Waals surface area contributed by atoms with Crippen LogP contribution in [0.25, 0.3) is 10.9 Å². The minimum Gasteiger partial charge on any atom is -0.490 e. The standard InChI is InChI=1S/C21H19BrClNO4/c1-21(2)14-7-17(28-9-11(26)8-25)15(22)6-13(14)19(27)18-12-4-3-10(23)5-16(12)24-20(18)21/h3-7,11,24-26H,8-9H2,1-2H3. The lowest BCUT2D eigenvalue weighted by atomic mass is 9.71. The number of nitrogens with one attached hydrogen (secondary N) is 1. The second kappa shape index (κ2) is 6.88. The Balaban J connectivity index is 1.87. The molecule has 146 valence electrons. The van der Waals surface area contributed by atoms with E-state index in [0.29, 0.717) is 26.4 Å². The predicted molar refractivity (Wildman–Crippen MR) is 112 cm³/mol. The van der Waals surface area contributed by atoms with Crippen molar-refractivity contribution in [3.8, 4) is 5.75 Å². The van der Waals surface area contributed by atoms with Crippen molar-refractivity contribution in [2.75, 3.05) is 13.2 Å². The first kappa shape index (κ1) is 19.5. The molecule has 4 rings (SSSR count). The fraction of sp³-hybridized carbons (Fsp3) is 0.286. The quantitative estimate of drug-likeness (QED) is 0.541. The van der Waals surface area contributed by atoms with Crippen LogP contribution in [0, 0.1) is 0 Å². The number of hydrogen-bond donors (Lipinski definition) is 3. The highest BCUT2D eigenvalue weighted by Gasteiger charge is 2.40. The third-order valence-corrected chi connectivity index (χ3v) is 6.10. The van der Waals surface area contributed by atoms with E-state index in [1.807, 2.05) is 32.0 Å². The maximum absolute atomic E-state index is 13.3. The fourth-order valence-corrected chi connectivity index (χ4v) is 4.38. The maximum Gasteiger partial charge on any atom is 0.195 e. The van der Waals surface area contributed by atoms with Crippen LogP contribution in [-0.4, -0.2) is 40.3 Å². The number of aliphatic hydroxyl groups is 2. The van der Waals surface area contributed by atoms with Gasteiger partial charge < -0.3 is 19.9 Å². The zero-order valence-electron chi connectivity index (χ0n) is 15.3. The van der Waals surface area contributed by atoms with Crippen LogP contribution >= 0.6 is 27.5 Å². The molecule has 0 fully saturated rings. The van der Waals surface area contributed by atoms with Crippen LogP contribution in [0.1, 0.15) is 41.0 Å². The molecule has 28 heavy (non-hydrogen) atoms. The van der Waals surface area contributed by atoms with E-state index < -0.39 is 11.5 Å². The summed E-state index contributed by atoms with van der Waals surface area (Å²) in [5, 5.41) is 20.0. The van der Waals surface area contributed by atoms with E-state index >= 15 is 0 Å². The molecule has 7 heteroatoms. The lowest BCUT2D eigenvalue weighted by Crippen LogP contribution is -2.30. The molecule has 0 spiro atoms. The van der Waals surface area contributed by atoms with Crippen molar-refractivity contribution in [1.82, 2.24) is 4.98 Å². The van der Waals surface area contributed by atoms with E-state index in [2.05, 4.69) is 20.9 Å². The highest BCUT2D eigenvalue weighted by Crippen LogP contribution is 2.46. The number of H-pyrrole nitrogens is 1. The van der Waals surface area contributed by atoms with E-state index in [0.717, 1.165) is 22.2 Å². The smallest absolute Gasteiger partial charge is 0.195 e. The van der Waals surface area contributed by atoms with Crippen LogP contribution in [0.4, 0.5) is 0 Å². The molecule has 5 nitrogen and oxygen atoms in total. The Bertz CT molecular complexity index is 1110. The number of rotatable bonds is 4.